The minimum Gasteiger partial charge on any atom is -0.336 e. The van der Waals surface area contributed by atoms with E-state index in [1.807, 2.05) is 24.3 Å². The summed E-state index contributed by atoms with van der Waals surface area (Å²) in [6.45, 7) is 1.89. The van der Waals surface area contributed by atoms with Crippen molar-refractivity contribution in [2.45, 2.75) is 18.9 Å². The maximum atomic E-state index is 5.94. The molecule has 2 N–H and O–H groups in total. The average molecular weight is 279 g/mol. The van der Waals surface area contributed by atoms with Crippen LogP contribution in [0.2, 0.25) is 5.02 Å². The van der Waals surface area contributed by atoms with Crippen molar-refractivity contribution in [3.8, 4) is 11.4 Å². The molecule has 1 aromatic carbocycles. The van der Waals surface area contributed by atoms with Gasteiger partial charge in [0.15, 0.2) is 0 Å². The van der Waals surface area contributed by atoms with Crippen LogP contribution >= 0.6 is 11.6 Å². The van der Waals surface area contributed by atoms with Crippen molar-refractivity contribution >= 4 is 17.6 Å². The van der Waals surface area contributed by atoms with E-state index in [2.05, 4.69) is 20.8 Å². The Balaban J connectivity index is 1.65. The molecule has 1 unspecified atom stereocenters. The standard InChI is InChI=1S/C13H15ClN4O/c14-10-4-1-3-9(7-10)12-17-13(19-18-12)16-8-11-5-2-6-15-11/h1,3-4,7,11,15H,2,5-6,8H2,(H,16,17,18). The summed E-state index contributed by atoms with van der Waals surface area (Å²) in [5.74, 6) is 0.546. The van der Waals surface area contributed by atoms with E-state index < -0.39 is 0 Å². The predicted molar refractivity (Wildman–Crippen MR) is 74.3 cm³/mol. The van der Waals surface area contributed by atoms with Crippen LogP contribution in [0.15, 0.2) is 28.8 Å². The molecular weight excluding hydrogens is 264 g/mol. The van der Waals surface area contributed by atoms with Crippen LogP contribution in [-0.4, -0.2) is 29.3 Å². The van der Waals surface area contributed by atoms with Crippen molar-refractivity contribution in [3.63, 3.8) is 0 Å². The predicted octanol–water partition coefficient (Wildman–Crippen LogP) is 2.55. The second-order valence-electron chi connectivity index (χ2n) is 4.61. The molecular formula is C13H15ClN4O. The topological polar surface area (TPSA) is 63.0 Å². The highest BCUT2D eigenvalue weighted by molar-refractivity contribution is 6.30. The van der Waals surface area contributed by atoms with E-state index in [0.717, 1.165) is 18.7 Å². The molecule has 1 atom stereocenters. The fourth-order valence-corrected chi connectivity index (χ4v) is 2.37. The molecule has 100 valence electrons. The van der Waals surface area contributed by atoms with Gasteiger partial charge >= 0.3 is 6.01 Å². The molecule has 1 aliphatic rings. The zero-order chi connectivity index (χ0) is 13.1. The molecule has 1 aromatic heterocycles. The maximum Gasteiger partial charge on any atom is 0.321 e. The second-order valence-corrected chi connectivity index (χ2v) is 5.04. The SMILES string of the molecule is Clc1cccc(-c2noc(NCC3CCCN3)n2)c1. The van der Waals surface area contributed by atoms with E-state index >= 15 is 0 Å². The Morgan fingerprint density at radius 3 is 3.21 bits per heavy atom. The smallest absolute Gasteiger partial charge is 0.321 e. The van der Waals surface area contributed by atoms with Crippen LogP contribution in [0.3, 0.4) is 0 Å². The Morgan fingerprint density at radius 1 is 1.47 bits per heavy atom. The van der Waals surface area contributed by atoms with E-state index in [4.69, 9.17) is 16.1 Å². The molecule has 0 aliphatic carbocycles. The van der Waals surface area contributed by atoms with Crippen LogP contribution in [0.25, 0.3) is 11.4 Å². The first-order valence-electron chi connectivity index (χ1n) is 6.38. The average Bonchev–Trinajstić information content (AvgIpc) is 3.08. The number of hydrogen-bond acceptors (Lipinski definition) is 5. The van der Waals surface area contributed by atoms with Gasteiger partial charge < -0.3 is 15.2 Å². The molecule has 6 heteroatoms. The summed E-state index contributed by atoms with van der Waals surface area (Å²) < 4.78 is 5.18. The summed E-state index contributed by atoms with van der Waals surface area (Å²) in [5, 5.41) is 11.2. The quantitative estimate of drug-likeness (QED) is 0.900. The van der Waals surface area contributed by atoms with Crippen LogP contribution < -0.4 is 10.6 Å². The summed E-state index contributed by atoms with van der Waals surface area (Å²) in [7, 11) is 0. The highest BCUT2D eigenvalue weighted by Gasteiger charge is 2.15. The van der Waals surface area contributed by atoms with Crippen LogP contribution in [0.5, 0.6) is 0 Å². The van der Waals surface area contributed by atoms with E-state index in [9.17, 15) is 0 Å². The molecule has 0 spiro atoms. The van der Waals surface area contributed by atoms with Crippen molar-refractivity contribution in [1.29, 1.82) is 0 Å². The molecule has 1 fully saturated rings. The number of halogens is 1. The summed E-state index contributed by atoms with van der Waals surface area (Å²) >= 11 is 5.94. The molecule has 0 amide bonds. The fourth-order valence-electron chi connectivity index (χ4n) is 2.18. The van der Waals surface area contributed by atoms with Crippen molar-refractivity contribution in [2.75, 3.05) is 18.4 Å². The Bertz CT molecular complexity index is 551. The molecule has 1 aliphatic heterocycles. The Labute approximate surface area is 116 Å². The molecule has 5 nitrogen and oxygen atoms in total. The third-order valence-electron chi connectivity index (χ3n) is 3.17. The van der Waals surface area contributed by atoms with Crippen LogP contribution in [0, 0.1) is 0 Å². The van der Waals surface area contributed by atoms with E-state index in [1.54, 1.807) is 0 Å². The third-order valence-corrected chi connectivity index (χ3v) is 3.41. The molecule has 0 radical (unpaired) electrons. The molecule has 1 saturated heterocycles. The lowest BCUT2D eigenvalue weighted by atomic mass is 10.2. The van der Waals surface area contributed by atoms with E-state index in [-0.39, 0.29) is 0 Å². The van der Waals surface area contributed by atoms with Crippen LogP contribution in [0.1, 0.15) is 12.8 Å². The van der Waals surface area contributed by atoms with Gasteiger partial charge in [-0.25, -0.2) is 0 Å². The summed E-state index contributed by atoms with van der Waals surface area (Å²) in [5.41, 5.74) is 0.850. The molecule has 0 saturated carbocycles. The molecule has 2 heterocycles. The lowest BCUT2D eigenvalue weighted by molar-refractivity contribution is 0.429. The zero-order valence-electron chi connectivity index (χ0n) is 10.4. The molecule has 0 bridgehead atoms. The van der Waals surface area contributed by atoms with Crippen molar-refractivity contribution < 1.29 is 4.52 Å². The monoisotopic (exact) mass is 278 g/mol. The molecule has 19 heavy (non-hydrogen) atoms. The molecule has 3 rings (SSSR count). The minimum atomic E-state index is 0.448. The van der Waals surface area contributed by atoms with Crippen LogP contribution in [-0.2, 0) is 0 Å². The van der Waals surface area contributed by atoms with E-state index in [1.165, 1.54) is 12.8 Å². The first-order valence-corrected chi connectivity index (χ1v) is 6.76. The highest BCUT2D eigenvalue weighted by atomic mass is 35.5. The zero-order valence-corrected chi connectivity index (χ0v) is 11.2. The third kappa shape index (κ3) is 3.05. The van der Waals surface area contributed by atoms with Gasteiger partial charge in [-0.05, 0) is 31.5 Å². The fraction of sp³-hybridized carbons (Fsp3) is 0.385. The Hall–Kier alpha value is -1.59. The summed E-state index contributed by atoms with van der Waals surface area (Å²) in [4.78, 5) is 4.31. The van der Waals surface area contributed by atoms with Gasteiger partial charge in [-0.2, -0.15) is 4.98 Å². The van der Waals surface area contributed by atoms with Crippen molar-refractivity contribution in [2.24, 2.45) is 0 Å². The lowest BCUT2D eigenvalue weighted by Crippen LogP contribution is -2.29. The number of hydrogen-bond donors (Lipinski definition) is 2. The van der Waals surface area contributed by atoms with Gasteiger partial charge in [-0.3, -0.25) is 0 Å². The maximum absolute atomic E-state index is 5.94. The summed E-state index contributed by atoms with van der Waals surface area (Å²) in [6.07, 6.45) is 2.41. The van der Waals surface area contributed by atoms with Gasteiger partial charge in [0.05, 0.1) is 0 Å². The highest BCUT2D eigenvalue weighted by Crippen LogP contribution is 2.21. The van der Waals surface area contributed by atoms with Gasteiger partial charge in [0, 0.05) is 23.2 Å². The first kappa shape index (κ1) is 12.4. The first-order chi connectivity index (χ1) is 9.31. The number of nitrogens with one attached hydrogen (secondary N) is 2. The van der Waals surface area contributed by atoms with Gasteiger partial charge in [0.1, 0.15) is 0 Å². The van der Waals surface area contributed by atoms with Gasteiger partial charge in [-0.1, -0.05) is 28.9 Å². The summed E-state index contributed by atoms with van der Waals surface area (Å²) in [6, 6.07) is 8.33. The Morgan fingerprint density at radius 2 is 2.42 bits per heavy atom. The second kappa shape index (κ2) is 5.59. The number of benzene rings is 1. The molecule has 2 aromatic rings. The number of anilines is 1. The van der Waals surface area contributed by atoms with Crippen molar-refractivity contribution in [3.05, 3.63) is 29.3 Å². The number of nitrogens with zero attached hydrogens (tertiary/aromatic N) is 2. The van der Waals surface area contributed by atoms with E-state index in [0.29, 0.717) is 22.9 Å². The van der Waals surface area contributed by atoms with Crippen LogP contribution in [0.4, 0.5) is 6.01 Å². The normalized spacial score (nSPS) is 18.7. The largest absolute Gasteiger partial charge is 0.336 e. The number of rotatable bonds is 4. The minimum absolute atomic E-state index is 0.448. The van der Waals surface area contributed by atoms with Gasteiger partial charge in [-0.15, -0.1) is 0 Å². The lowest BCUT2D eigenvalue weighted by Gasteiger charge is -2.08. The number of aromatic nitrogens is 2. The van der Waals surface area contributed by atoms with Gasteiger partial charge in [0.25, 0.3) is 0 Å². The van der Waals surface area contributed by atoms with Gasteiger partial charge in [0.2, 0.25) is 5.82 Å². The van der Waals surface area contributed by atoms with Crippen molar-refractivity contribution in [1.82, 2.24) is 15.5 Å². The Kier molecular flexibility index (Phi) is 3.66.